The summed E-state index contributed by atoms with van der Waals surface area (Å²) in [5, 5.41) is 20.4. The van der Waals surface area contributed by atoms with Crippen LogP contribution in [0.3, 0.4) is 0 Å². The molecule has 1 aromatic carbocycles. The van der Waals surface area contributed by atoms with E-state index >= 15 is 0 Å². The van der Waals surface area contributed by atoms with Gasteiger partial charge in [0.05, 0.1) is 68.5 Å². The van der Waals surface area contributed by atoms with Crippen LogP contribution in [-0.2, 0) is 73.2 Å². The van der Waals surface area contributed by atoms with E-state index in [1.54, 1.807) is 23.8 Å². The fraction of sp³-hybridized carbons (Fsp3) is 0.745. The summed E-state index contributed by atoms with van der Waals surface area (Å²) < 4.78 is 33.1. The molecule has 0 aromatic heterocycles. The molecule has 0 bridgehead atoms. The second kappa shape index (κ2) is 36.0. The number of amides is 6. The number of carbonyl (C=O) groups excluding carboxylic acids is 8. The first-order valence-electron chi connectivity index (χ1n) is 27.2. The summed E-state index contributed by atoms with van der Waals surface area (Å²) in [5.74, 6) is -4.25. The SMILES string of the molecule is CCC(CO)OC(COC(=O)CCCC(=O)N[C@@H](C)C(=O)OCCCNC(=O)[C@H](Cc1ccccc1)NC(=O)[C@H](C)[C@@H](OC)[C@@H]1CCCN1C(=O)C[C@@H](OC)[C@H]([C@@H](C)CC)N(C)C(=O)CNC(=O)[C@H](C(C)C)N(C)C)OC. The van der Waals surface area contributed by atoms with Crippen LogP contribution >= 0.6 is 0 Å². The highest BCUT2D eigenvalue weighted by molar-refractivity contribution is 5.89. The first-order valence-corrected chi connectivity index (χ1v) is 27.2. The molecule has 0 aliphatic carbocycles. The zero-order valence-electron chi connectivity index (χ0n) is 48.1. The predicted octanol–water partition coefficient (Wildman–Crippen LogP) is 2.36. The van der Waals surface area contributed by atoms with E-state index in [1.165, 1.54) is 28.3 Å². The largest absolute Gasteiger partial charge is 0.464 e. The van der Waals surface area contributed by atoms with Crippen molar-refractivity contribution in [1.29, 1.82) is 0 Å². The van der Waals surface area contributed by atoms with Crippen molar-refractivity contribution < 1.29 is 71.9 Å². The molecule has 77 heavy (non-hydrogen) atoms. The molecule has 5 N–H and O–H groups in total. The highest BCUT2D eigenvalue weighted by Crippen LogP contribution is 2.29. The molecule has 1 aliphatic heterocycles. The number of ether oxygens (including phenoxy) is 6. The number of esters is 2. The van der Waals surface area contributed by atoms with Crippen LogP contribution < -0.4 is 21.3 Å². The smallest absolute Gasteiger partial charge is 0.328 e. The first kappa shape index (κ1) is 67.8. The number of likely N-dealkylation sites (tertiary alicyclic amines) is 1. The van der Waals surface area contributed by atoms with Gasteiger partial charge < -0.3 is 64.6 Å². The maximum absolute atomic E-state index is 14.3. The molecule has 2 unspecified atom stereocenters. The van der Waals surface area contributed by atoms with Crippen molar-refractivity contribution in [3.8, 4) is 0 Å². The topological polar surface area (TPSA) is 270 Å². The summed E-state index contributed by atoms with van der Waals surface area (Å²) >= 11 is 0. The van der Waals surface area contributed by atoms with Gasteiger partial charge in [-0.05, 0) is 70.5 Å². The van der Waals surface area contributed by atoms with E-state index in [1.807, 2.05) is 83.9 Å². The summed E-state index contributed by atoms with van der Waals surface area (Å²) in [5.41, 5.74) is 0.802. The van der Waals surface area contributed by atoms with Gasteiger partial charge in [-0.15, -0.1) is 0 Å². The number of aliphatic hydroxyl groups excluding tert-OH is 1. The van der Waals surface area contributed by atoms with Crippen LogP contribution in [0.15, 0.2) is 30.3 Å². The maximum atomic E-state index is 14.3. The Balaban J connectivity index is 2.01. The second-order valence-electron chi connectivity index (χ2n) is 20.4. The lowest BCUT2D eigenvalue weighted by atomic mass is 9.90. The van der Waals surface area contributed by atoms with Gasteiger partial charge in [0.2, 0.25) is 35.4 Å². The number of carbonyl (C=O) groups is 8. The lowest BCUT2D eigenvalue weighted by Gasteiger charge is -2.39. The molecule has 22 nitrogen and oxygen atoms in total. The molecule has 1 aliphatic rings. The normalized spacial score (nSPS) is 17.4. The van der Waals surface area contributed by atoms with E-state index in [-0.39, 0.29) is 101 Å². The van der Waals surface area contributed by atoms with Crippen LogP contribution in [0.2, 0.25) is 0 Å². The summed E-state index contributed by atoms with van der Waals surface area (Å²) in [7, 11) is 9.70. The van der Waals surface area contributed by atoms with Crippen molar-refractivity contribution in [3.63, 3.8) is 0 Å². The van der Waals surface area contributed by atoms with Gasteiger partial charge in [-0.25, -0.2) is 4.79 Å². The molecule has 2 rings (SSSR count). The molecule has 6 amide bonds. The summed E-state index contributed by atoms with van der Waals surface area (Å²) in [4.78, 5) is 111. The Morgan fingerprint density at radius 1 is 0.805 bits per heavy atom. The van der Waals surface area contributed by atoms with Gasteiger partial charge in [0.15, 0.2) is 6.29 Å². The van der Waals surface area contributed by atoms with Crippen molar-refractivity contribution in [2.75, 3.05) is 81.9 Å². The third-order valence-corrected chi connectivity index (χ3v) is 14.1. The fourth-order valence-corrected chi connectivity index (χ4v) is 9.56. The third-order valence-electron chi connectivity index (χ3n) is 14.1. The number of likely N-dealkylation sites (N-methyl/N-ethyl adjacent to an activating group) is 2. The Kier molecular flexibility index (Phi) is 31.7. The molecule has 22 heteroatoms. The van der Waals surface area contributed by atoms with E-state index in [9.17, 15) is 43.5 Å². The van der Waals surface area contributed by atoms with Crippen molar-refractivity contribution in [2.45, 2.75) is 167 Å². The molecule has 1 heterocycles. The van der Waals surface area contributed by atoms with Gasteiger partial charge in [-0.1, -0.05) is 78.3 Å². The standard InChI is InChI=1S/C55H93N7O15/c1-14-36(5)50(61(10)46(66)32-57-54(70)49(35(3)4)60(8)9)43(72-11)31-45(65)62-28-20-24-42(62)51(74-13)37(6)52(68)59-41(30-39-22-17-16-18-23-39)53(69)56-27-21-29-75-55(71)38(7)58-44(64)25-19-26-47(67)76-34-48(73-12)77-40(15-2)33-63/h16-18,22-23,35-38,40-43,48-51,63H,14-15,19-21,24-34H2,1-13H3,(H,56,69)(H,57,70)(H,58,64)(H,59,68)/t36-,37+,38-,40?,41-,42-,43+,48?,49-,50-,51+/m0/s1. The number of hydrogen-bond donors (Lipinski definition) is 5. The van der Waals surface area contributed by atoms with Crippen molar-refractivity contribution in [1.82, 2.24) is 36.0 Å². The van der Waals surface area contributed by atoms with E-state index in [4.69, 9.17) is 28.4 Å². The minimum absolute atomic E-state index is 0.0255. The Bertz CT molecular complexity index is 1970. The number of rotatable bonds is 37. The highest BCUT2D eigenvalue weighted by Gasteiger charge is 2.42. The van der Waals surface area contributed by atoms with E-state index in [0.29, 0.717) is 32.2 Å². The van der Waals surface area contributed by atoms with E-state index in [0.717, 1.165) is 5.56 Å². The molecule has 1 aromatic rings. The van der Waals surface area contributed by atoms with Crippen LogP contribution in [0.25, 0.3) is 0 Å². The second-order valence-corrected chi connectivity index (χ2v) is 20.4. The van der Waals surface area contributed by atoms with Crippen LogP contribution in [0, 0.1) is 17.8 Å². The minimum atomic E-state index is -0.995. The number of aliphatic hydroxyl groups is 1. The fourth-order valence-electron chi connectivity index (χ4n) is 9.56. The van der Waals surface area contributed by atoms with E-state index < -0.39 is 90.4 Å². The van der Waals surface area contributed by atoms with Crippen LogP contribution in [-0.4, -0.2) is 204 Å². The van der Waals surface area contributed by atoms with Gasteiger partial charge in [0.1, 0.15) is 18.7 Å². The molecule has 1 saturated heterocycles. The number of hydrogen-bond acceptors (Lipinski definition) is 16. The lowest BCUT2D eigenvalue weighted by Crippen LogP contribution is -2.55. The molecule has 11 atom stereocenters. The molecule has 0 saturated carbocycles. The first-order chi connectivity index (χ1) is 36.6. The number of methoxy groups -OCH3 is 3. The monoisotopic (exact) mass is 1090 g/mol. The Hall–Kier alpha value is -5.26. The number of nitrogens with zero attached hydrogens (tertiary/aromatic N) is 3. The molecule has 0 radical (unpaired) electrons. The lowest BCUT2D eigenvalue weighted by molar-refractivity contribution is -0.194. The molecule has 1 fully saturated rings. The van der Waals surface area contributed by atoms with Crippen LogP contribution in [0.5, 0.6) is 0 Å². The van der Waals surface area contributed by atoms with Gasteiger partial charge >= 0.3 is 11.9 Å². The zero-order valence-corrected chi connectivity index (χ0v) is 48.1. The number of benzene rings is 1. The summed E-state index contributed by atoms with van der Waals surface area (Å²) in [6.45, 7) is 12.8. The van der Waals surface area contributed by atoms with Gasteiger partial charge in [-0.3, -0.25) is 38.5 Å². The molecule has 438 valence electrons. The molecular formula is C55H93N7O15. The average Bonchev–Trinajstić information content (AvgIpc) is 3.89. The molecular weight excluding hydrogens is 999 g/mol. The summed E-state index contributed by atoms with van der Waals surface area (Å²) in [6, 6.07) is 5.85. The van der Waals surface area contributed by atoms with Crippen molar-refractivity contribution in [2.24, 2.45) is 17.8 Å². The third kappa shape index (κ3) is 22.9. The van der Waals surface area contributed by atoms with Crippen molar-refractivity contribution in [3.05, 3.63) is 35.9 Å². The molecule has 0 spiro atoms. The van der Waals surface area contributed by atoms with Crippen molar-refractivity contribution >= 4 is 47.4 Å². The predicted molar refractivity (Wildman–Crippen MR) is 288 cm³/mol. The highest BCUT2D eigenvalue weighted by atomic mass is 16.7. The van der Waals surface area contributed by atoms with Gasteiger partial charge in [-0.2, -0.15) is 0 Å². The summed E-state index contributed by atoms with van der Waals surface area (Å²) in [6.07, 6.45) is 0.171. The Morgan fingerprint density at radius 2 is 1.49 bits per heavy atom. The minimum Gasteiger partial charge on any atom is -0.464 e. The van der Waals surface area contributed by atoms with Gasteiger partial charge in [0.25, 0.3) is 0 Å². The zero-order chi connectivity index (χ0) is 57.8. The average molecular weight is 1090 g/mol. The Labute approximate surface area is 457 Å². The van der Waals surface area contributed by atoms with Crippen LogP contribution in [0.4, 0.5) is 0 Å². The number of nitrogens with one attached hydrogen (secondary N) is 4. The quantitative estimate of drug-likeness (QED) is 0.0364. The van der Waals surface area contributed by atoms with Crippen LogP contribution in [0.1, 0.15) is 112 Å². The maximum Gasteiger partial charge on any atom is 0.328 e. The van der Waals surface area contributed by atoms with E-state index in [2.05, 4.69) is 21.3 Å². The van der Waals surface area contributed by atoms with Gasteiger partial charge in [0, 0.05) is 60.7 Å². The Morgan fingerprint density at radius 3 is 2.08 bits per heavy atom.